The first-order chi connectivity index (χ1) is 8.99. The zero-order valence-electron chi connectivity index (χ0n) is 10.0. The molecule has 2 N–H and O–H groups in total. The highest BCUT2D eigenvalue weighted by Gasteiger charge is 2.21. The molecule has 2 rings (SSSR count). The lowest BCUT2D eigenvalue weighted by atomic mass is 10.3. The minimum atomic E-state index is -3.75. The number of benzene rings is 1. The van der Waals surface area contributed by atoms with Gasteiger partial charge in [-0.25, -0.2) is 17.5 Å². The number of hydrogen-bond donors (Lipinski definition) is 2. The van der Waals surface area contributed by atoms with E-state index in [0.717, 1.165) is 18.2 Å². The van der Waals surface area contributed by atoms with Gasteiger partial charge >= 0.3 is 0 Å². The smallest absolute Gasteiger partial charge is 0.242 e. The van der Waals surface area contributed by atoms with Gasteiger partial charge in [-0.15, -0.1) is 0 Å². The Bertz CT molecular complexity index is 547. The van der Waals surface area contributed by atoms with Crippen molar-refractivity contribution in [1.29, 1.82) is 0 Å². The summed E-state index contributed by atoms with van der Waals surface area (Å²) in [6.07, 6.45) is 0. The maximum absolute atomic E-state index is 12.9. The van der Waals surface area contributed by atoms with E-state index in [-0.39, 0.29) is 22.5 Å². The molecule has 1 aromatic rings. The number of sulfonamides is 1. The maximum Gasteiger partial charge on any atom is 0.242 e. The Labute approximate surface area is 116 Å². The van der Waals surface area contributed by atoms with E-state index in [1.807, 2.05) is 0 Å². The van der Waals surface area contributed by atoms with Crippen LogP contribution in [-0.2, 0) is 14.8 Å². The van der Waals surface area contributed by atoms with Gasteiger partial charge in [-0.05, 0) is 18.2 Å². The van der Waals surface area contributed by atoms with Gasteiger partial charge in [-0.3, -0.25) is 0 Å². The molecule has 8 heteroatoms. The fourth-order valence-corrected chi connectivity index (χ4v) is 3.34. The maximum atomic E-state index is 12.9. The summed E-state index contributed by atoms with van der Waals surface area (Å²) in [6, 6.07) is 3.09. The van der Waals surface area contributed by atoms with E-state index < -0.39 is 15.8 Å². The molecule has 1 aromatic carbocycles. The summed E-state index contributed by atoms with van der Waals surface area (Å²) >= 11 is 5.74. The SMILES string of the molecule is O=S(=O)(NCC1COCCN1)c1ccc(F)cc1Cl. The minimum Gasteiger partial charge on any atom is -0.378 e. The standard InChI is InChI=1S/C11H14ClFN2O3S/c12-10-5-8(13)1-2-11(10)19(16,17)15-6-9-7-18-4-3-14-9/h1-2,5,9,14-15H,3-4,6-7H2. The zero-order valence-corrected chi connectivity index (χ0v) is 11.6. The van der Waals surface area contributed by atoms with Gasteiger partial charge in [-0.1, -0.05) is 11.6 Å². The third-order valence-corrected chi connectivity index (χ3v) is 4.61. The summed E-state index contributed by atoms with van der Waals surface area (Å²) in [5, 5.41) is 2.98. The first-order valence-electron chi connectivity index (χ1n) is 5.75. The quantitative estimate of drug-likeness (QED) is 0.861. The van der Waals surface area contributed by atoms with Crippen molar-refractivity contribution in [3.05, 3.63) is 29.0 Å². The lowest BCUT2D eigenvalue weighted by Crippen LogP contribution is -2.48. The van der Waals surface area contributed by atoms with Crippen molar-refractivity contribution in [2.45, 2.75) is 10.9 Å². The van der Waals surface area contributed by atoms with Gasteiger partial charge in [-0.2, -0.15) is 0 Å². The highest BCUT2D eigenvalue weighted by atomic mass is 35.5. The Hall–Kier alpha value is -0.730. The third kappa shape index (κ3) is 3.87. The molecule has 1 unspecified atom stereocenters. The lowest BCUT2D eigenvalue weighted by Gasteiger charge is -2.23. The largest absolute Gasteiger partial charge is 0.378 e. The minimum absolute atomic E-state index is 0.0808. The van der Waals surface area contributed by atoms with Crippen LogP contribution in [0.5, 0.6) is 0 Å². The van der Waals surface area contributed by atoms with Gasteiger partial charge in [0, 0.05) is 19.1 Å². The van der Waals surface area contributed by atoms with E-state index in [4.69, 9.17) is 16.3 Å². The Morgan fingerprint density at radius 3 is 2.95 bits per heavy atom. The molecular weight excluding hydrogens is 295 g/mol. The van der Waals surface area contributed by atoms with E-state index in [1.54, 1.807) is 0 Å². The molecular formula is C11H14ClFN2O3S. The van der Waals surface area contributed by atoms with E-state index in [2.05, 4.69) is 10.0 Å². The van der Waals surface area contributed by atoms with Crippen LogP contribution in [-0.4, -0.2) is 40.8 Å². The predicted molar refractivity (Wildman–Crippen MR) is 69.2 cm³/mol. The summed E-state index contributed by atoms with van der Waals surface area (Å²) in [4.78, 5) is -0.132. The second-order valence-corrected chi connectivity index (χ2v) is 6.30. The van der Waals surface area contributed by atoms with Crippen LogP contribution in [0, 0.1) is 5.82 Å². The molecule has 19 heavy (non-hydrogen) atoms. The second kappa shape index (κ2) is 6.15. The Kier molecular flexibility index (Phi) is 4.75. The van der Waals surface area contributed by atoms with Crippen molar-refractivity contribution < 1.29 is 17.5 Å². The van der Waals surface area contributed by atoms with Crippen LogP contribution in [0.2, 0.25) is 5.02 Å². The summed E-state index contributed by atoms with van der Waals surface area (Å²) in [7, 11) is -3.75. The van der Waals surface area contributed by atoms with Gasteiger partial charge in [0.2, 0.25) is 10.0 Å². The van der Waals surface area contributed by atoms with Gasteiger partial charge < -0.3 is 10.1 Å². The molecule has 0 aromatic heterocycles. The summed E-state index contributed by atoms with van der Waals surface area (Å²) in [5.74, 6) is -0.578. The number of ether oxygens (including phenoxy) is 1. The van der Waals surface area contributed by atoms with E-state index >= 15 is 0 Å². The average Bonchev–Trinajstić information content (AvgIpc) is 2.37. The molecule has 1 atom stereocenters. The van der Waals surface area contributed by atoms with Crippen LogP contribution in [0.15, 0.2) is 23.1 Å². The number of morpholine rings is 1. The molecule has 106 valence electrons. The summed E-state index contributed by atoms with van der Waals surface area (Å²) < 4.78 is 44.6. The monoisotopic (exact) mass is 308 g/mol. The molecule has 5 nitrogen and oxygen atoms in total. The van der Waals surface area contributed by atoms with Crippen molar-refractivity contribution in [3.8, 4) is 0 Å². The highest BCUT2D eigenvalue weighted by molar-refractivity contribution is 7.89. The van der Waals surface area contributed by atoms with E-state index in [9.17, 15) is 12.8 Å². The number of hydrogen-bond acceptors (Lipinski definition) is 4. The van der Waals surface area contributed by atoms with Crippen LogP contribution in [0.3, 0.4) is 0 Å². The lowest BCUT2D eigenvalue weighted by molar-refractivity contribution is 0.0784. The zero-order chi connectivity index (χ0) is 13.9. The molecule has 1 aliphatic heterocycles. The first kappa shape index (κ1) is 14.7. The molecule has 1 aliphatic rings. The van der Waals surface area contributed by atoms with E-state index in [0.29, 0.717) is 19.8 Å². The van der Waals surface area contributed by atoms with E-state index in [1.165, 1.54) is 0 Å². The molecule has 0 spiro atoms. The fraction of sp³-hybridized carbons (Fsp3) is 0.455. The number of nitrogens with one attached hydrogen (secondary N) is 2. The summed E-state index contributed by atoms with van der Waals surface area (Å²) in [6.45, 7) is 1.94. The van der Waals surface area contributed by atoms with Crippen molar-refractivity contribution in [2.24, 2.45) is 0 Å². The number of rotatable bonds is 4. The van der Waals surface area contributed by atoms with Gasteiger partial charge in [0.05, 0.1) is 18.2 Å². The molecule has 1 heterocycles. The molecule has 0 amide bonds. The Morgan fingerprint density at radius 2 is 2.32 bits per heavy atom. The van der Waals surface area contributed by atoms with Crippen molar-refractivity contribution in [3.63, 3.8) is 0 Å². The normalized spacial score (nSPS) is 20.4. The Balaban J connectivity index is 2.05. The van der Waals surface area contributed by atoms with Gasteiger partial charge in [0.1, 0.15) is 10.7 Å². The molecule has 1 fully saturated rings. The van der Waals surface area contributed by atoms with Crippen LogP contribution in [0.4, 0.5) is 4.39 Å². The van der Waals surface area contributed by atoms with Crippen LogP contribution >= 0.6 is 11.6 Å². The predicted octanol–water partition coefficient (Wildman–Crippen LogP) is 0.746. The highest BCUT2D eigenvalue weighted by Crippen LogP contribution is 2.21. The van der Waals surface area contributed by atoms with Crippen molar-refractivity contribution in [2.75, 3.05) is 26.3 Å². The van der Waals surface area contributed by atoms with Gasteiger partial charge in [0.25, 0.3) is 0 Å². The van der Waals surface area contributed by atoms with Crippen LogP contribution in [0.25, 0.3) is 0 Å². The molecule has 0 bridgehead atoms. The number of halogens is 2. The molecule has 0 radical (unpaired) electrons. The van der Waals surface area contributed by atoms with Gasteiger partial charge in [0.15, 0.2) is 0 Å². The first-order valence-corrected chi connectivity index (χ1v) is 7.61. The summed E-state index contributed by atoms with van der Waals surface area (Å²) in [5.41, 5.74) is 0. The van der Waals surface area contributed by atoms with Crippen LogP contribution < -0.4 is 10.0 Å². The third-order valence-electron chi connectivity index (χ3n) is 2.70. The van der Waals surface area contributed by atoms with Crippen molar-refractivity contribution in [1.82, 2.24) is 10.0 Å². The fourth-order valence-electron chi connectivity index (χ4n) is 1.73. The van der Waals surface area contributed by atoms with Crippen molar-refractivity contribution >= 4 is 21.6 Å². The molecule has 1 saturated heterocycles. The molecule has 0 saturated carbocycles. The van der Waals surface area contributed by atoms with Crippen LogP contribution in [0.1, 0.15) is 0 Å². The molecule has 0 aliphatic carbocycles. The topological polar surface area (TPSA) is 67.4 Å². The average molecular weight is 309 g/mol. The Morgan fingerprint density at radius 1 is 1.53 bits per heavy atom. The second-order valence-electron chi connectivity index (χ2n) is 4.15.